The summed E-state index contributed by atoms with van der Waals surface area (Å²) < 4.78 is 14.8. The number of aromatic nitrogens is 1. The van der Waals surface area contributed by atoms with Crippen molar-refractivity contribution in [3.05, 3.63) is 40.3 Å². The van der Waals surface area contributed by atoms with E-state index in [9.17, 15) is 14.5 Å². The minimum Gasteiger partial charge on any atom is -0.341 e. The van der Waals surface area contributed by atoms with Gasteiger partial charge in [0.1, 0.15) is 5.82 Å². The van der Waals surface area contributed by atoms with Crippen LogP contribution in [0.25, 0.3) is 10.9 Å². The second kappa shape index (κ2) is 3.92. The van der Waals surface area contributed by atoms with E-state index in [2.05, 4.69) is 0 Å². The fourth-order valence-electron chi connectivity index (χ4n) is 1.82. The Morgan fingerprint density at radius 2 is 2.25 bits per heavy atom. The van der Waals surface area contributed by atoms with E-state index in [4.69, 9.17) is 0 Å². The van der Waals surface area contributed by atoms with Gasteiger partial charge in [0.05, 0.1) is 22.0 Å². The average molecular weight is 222 g/mol. The molecule has 0 bridgehead atoms. The van der Waals surface area contributed by atoms with Gasteiger partial charge in [-0.25, -0.2) is 4.39 Å². The maximum absolute atomic E-state index is 13.0. The van der Waals surface area contributed by atoms with E-state index >= 15 is 0 Å². The SMILES string of the molecule is CCCn1cc([N+](=O)[O-])c2cc(F)ccc21. The standard InChI is InChI=1S/C11H11FN2O2/c1-2-5-13-7-11(14(15)16)9-6-8(12)3-4-10(9)13/h3-4,6-7H,2,5H2,1H3. The van der Waals surface area contributed by atoms with Crippen molar-refractivity contribution in [1.82, 2.24) is 4.57 Å². The molecule has 0 aliphatic carbocycles. The molecule has 1 aromatic carbocycles. The molecule has 5 heteroatoms. The monoisotopic (exact) mass is 222 g/mol. The Morgan fingerprint density at radius 1 is 1.50 bits per heavy atom. The first kappa shape index (κ1) is 10.6. The van der Waals surface area contributed by atoms with Crippen molar-refractivity contribution < 1.29 is 9.31 Å². The Kier molecular flexibility index (Phi) is 2.60. The molecular formula is C11H11FN2O2. The van der Waals surface area contributed by atoms with Crippen LogP contribution in [-0.4, -0.2) is 9.49 Å². The van der Waals surface area contributed by atoms with Crippen molar-refractivity contribution in [2.75, 3.05) is 0 Å². The molecule has 0 aliphatic heterocycles. The van der Waals surface area contributed by atoms with Gasteiger partial charge in [0, 0.05) is 6.54 Å². The summed E-state index contributed by atoms with van der Waals surface area (Å²) in [7, 11) is 0. The zero-order valence-corrected chi connectivity index (χ0v) is 8.81. The van der Waals surface area contributed by atoms with Gasteiger partial charge in [0.25, 0.3) is 5.69 Å². The van der Waals surface area contributed by atoms with Gasteiger partial charge >= 0.3 is 0 Å². The van der Waals surface area contributed by atoms with Crippen LogP contribution in [0, 0.1) is 15.9 Å². The summed E-state index contributed by atoms with van der Waals surface area (Å²) in [4.78, 5) is 10.3. The molecule has 1 aromatic heterocycles. The molecule has 0 atom stereocenters. The maximum atomic E-state index is 13.0. The van der Waals surface area contributed by atoms with Crippen molar-refractivity contribution >= 4 is 16.6 Å². The normalized spacial score (nSPS) is 10.9. The molecule has 0 saturated heterocycles. The molecule has 0 N–H and O–H groups in total. The molecule has 4 nitrogen and oxygen atoms in total. The number of aryl methyl sites for hydroxylation is 1. The number of fused-ring (bicyclic) bond motifs is 1. The van der Waals surface area contributed by atoms with Crippen LogP contribution in [0.4, 0.5) is 10.1 Å². The molecule has 2 rings (SSSR count). The molecular weight excluding hydrogens is 211 g/mol. The smallest absolute Gasteiger partial charge is 0.294 e. The summed E-state index contributed by atoms with van der Waals surface area (Å²) in [6, 6.07) is 4.10. The van der Waals surface area contributed by atoms with E-state index < -0.39 is 10.7 Å². The Labute approximate surface area is 91.4 Å². The first-order valence-electron chi connectivity index (χ1n) is 5.06. The summed E-state index contributed by atoms with van der Waals surface area (Å²) in [6.45, 7) is 2.68. The van der Waals surface area contributed by atoms with Crippen LogP contribution in [0.1, 0.15) is 13.3 Å². The minimum absolute atomic E-state index is 0.0389. The molecule has 0 radical (unpaired) electrons. The molecule has 16 heavy (non-hydrogen) atoms. The fourth-order valence-corrected chi connectivity index (χ4v) is 1.82. The average Bonchev–Trinajstić information content (AvgIpc) is 2.57. The van der Waals surface area contributed by atoms with Crippen molar-refractivity contribution in [2.24, 2.45) is 0 Å². The number of halogens is 1. The highest BCUT2D eigenvalue weighted by Crippen LogP contribution is 2.28. The van der Waals surface area contributed by atoms with Crippen LogP contribution in [-0.2, 0) is 6.54 Å². The number of nitro groups is 1. The van der Waals surface area contributed by atoms with Gasteiger partial charge in [-0.1, -0.05) is 6.92 Å². The number of hydrogen-bond donors (Lipinski definition) is 0. The lowest BCUT2D eigenvalue weighted by Gasteiger charge is -2.00. The van der Waals surface area contributed by atoms with E-state index in [-0.39, 0.29) is 5.69 Å². The highest BCUT2D eigenvalue weighted by atomic mass is 19.1. The summed E-state index contributed by atoms with van der Waals surface area (Å²) in [5.41, 5.74) is 0.665. The van der Waals surface area contributed by atoms with E-state index in [1.807, 2.05) is 6.92 Å². The van der Waals surface area contributed by atoms with E-state index in [0.717, 1.165) is 6.42 Å². The Bertz CT molecular complexity index is 548. The quantitative estimate of drug-likeness (QED) is 0.591. The molecule has 2 aromatic rings. The topological polar surface area (TPSA) is 48.1 Å². The van der Waals surface area contributed by atoms with Gasteiger partial charge in [-0.2, -0.15) is 0 Å². The van der Waals surface area contributed by atoms with Gasteiger partial charge < -0.3 is 4.57 Å². The second-order valence-corrected chi connectivity index (χ2v) is 3.63. The van der Waals surface area contributed by atoms with E-state index in [1.165, 1.54) is 18.3 Å². The number of nitrogens with zero attached hydrogens (tertiary/aromatic N) is 2. The van der Waals surface area contributed by atoms with Crippen LogP contribution >= 0.6 is 0 Å². The zero-order valence-electron chi connectivity index (χ0n) is 8.81. The lowest BCUT2D eigenvalue weighted by atomic mass is 10.2. The Morgan fingerprint density at radius 3 is 2.88 bits per heavy atom. The molecule has 84 valence electrons. The summed E-state index contributed by atoms with van der Waals surface area (Å²) in [6.07, 6.45) is 2.34. The maximum Gasteiger partial charge on any atom is 0.294 e. The first-order chi connectivity index (χ1) is 7.63. The first-order valence-corrected chi connectivity index (χ1v) is 5.06. The third kappa shape index (κ3) is 1.64. The fraction of sp³-hybridized carbons (Fsp3) is 0.273. The van der Waals surface area contributed by atoms with Crippen molar-refractivity contribution in [3.63, 3.8) is 0 Å². The van der Waals surface area contributed by atoms with Crippen molar-refractivity contribution in [1.29, 1.82) is 0 Å². The molecule has 0 spiro atoms. The molecule has 0 unspecified atom stereocenters. The van der Waals surface area contributed by atoms with Crippen LogP contribution in [0.15, 0.2) is 24.4 Å². The van der Waals surface area contributed by atoms with Crippen LogP contribution in [0.3, 0.4) is 0 Å². The minimum atomic E-state index is -0.478. The lowest BCUT2D eigenvalue weighted by molar-refractivity contribution is -0.383. The van der Waals surface area contributed by atoms with Gasteiger partial charge in [-0.3, -0.25) is 10.1 Å². The summed E-state index contributed by atoms with van der Waals surface area (Å²) in [5, 5.41) is 11.2. The van der Waals surface area contributed by atoms with E-state index in [0.29, 0.717) is 17.4 Å². The highest BCUT2D eigenvalue weighted by Gasteiger charge is 2.17. The molecule has 0 amide bonds. The molecule has 0 saturated carbocycles. The third-order valence-corrected chi connectivity index (χ3v) is 2.48. The molecule has 0 aliphatic rings. The van der Waals surface area contributed by atoms with Gasteiger partial charge in [-0.15, -0.1) is 0 Å². The van der Waals surface area contributed by atoms with E-state index in [1.54, 1.807) is 10.6 Å². The second-order valence-electron chi connectivity index (χ2n) is 3.63. The van der Waals surface area contributed by atoms with Crippen LogP contribution < -0.4 is 0 Å². The lowest BCUT2D eigenvalue weighted by Crippen LogP contribution is -1.93. The van der Waals surface area contributed by atoms with Gasteiger partial charge in [-0.05, 0) is 24.6 Å². The number of hydrogen-bond acceptors (Lipinski definition) is 2. The van der Waals surface area contributed by atoms with Crippen molar-refractivity contribution in [2.45, 2.75) is 19.9 Å². The number of benzene rings is 1. The van der Waals surface area contributed by atoms with Crippen LogP contribution in [0.2, 0.25) is 0 Å². The predicted molar refractivity (Wildman–Crippen MR) is 58.8 cm³/mol. The molecule has 0 fully saturated rings. The highest BCUT2D eigenvalue weighted by molar-refractivity contribution is 5.89. The van der Waals surface area contributed by atoms with Gasteiger partial charge in [0.15, 0.2) is 0 Å². The Hall–Kier alpha value is -1.91. The Balaban J connectivity index is 2.71. The number of rotatable bonds is 3. The summed E-state index contributed by atoms with van der Waals surface area (Å²) >= 11 is 0. The third-order valence-electron chi connectivity index (χ3n) is 2.48. The molecule has 1 heterocycles. The predicted octanol–water partition coefficient (Wildman–Crippen LogP) is 3.10. The van der Waals surface area contributed by atoms with Crippen molar-refractivity contribution in [3.8, 4) is 0 Å². The zero-order chi connectivity index (χ0) is 11.7. The van der Waals surface area contributed by atoms with Gasteiger partial charge in [0.2, 0.25) is 0 Å². The largest absolute Gasteiger partial charge is 0.341 e. The summed E-state index contributed by atoms with van der Waals surface area (Å²) in [5.74, 6) is -0.454. The van der Waals surface area contributed by atoms with Crippen LogP contribution in [0.5, 0.6) is 0 Å².